The Morgan fingerprint density at radius 1 is 1.22 bits per heavy atom. The first kappa shape index (κ1) is 17.2. The Balaban J connectivity index is 2.20. The van der Waals surface area contributed by atoms with Crippen LogP contribution >= 0.6 is 0 Å². The Labute approximate surface area is 133 Å². The van der Waals surface area contributed by atoms with E-state index >= 15 is 0 Å². The van der Waals surface area contributed by atoms with Gasteiger partial charge in [0.2, 0.25) is 11.8 Å². The van der Waals surface area contributed by atoms with E-state index in [-0.39, 0.29) is 31.8 Å². The van der Waals surface area contributed by atoms with Crippen molar-refractivity contribution in [3.05, 3.63) is 0 Å². The van der Waals surface area contributed by atoms with Gasteiger partial charge in [0, 0.05) is 19.5 Å². The first-order chi connectivity index (χ1) is 10.8. The quantitative estimate of drug-likeness (QED) is 0.559. The molecule has 2 aliphatic heterocycles. The third-order valence-corrected chi connectivity index (χ3v) is 4.68. The number of aliphatic carboxylic acids is 2. The molecule has 0 aromatic carbocycles. The summed E-state index contributed by atoms with van der Waals surface area (Å²) in [5, 5.41) is 18.1. The largest absolute Gasteiger partial charge is 0.481 e. The lowest BCUT2D eigenvalue weighted by Crippen LogP contribution is -2.56. The average Bonchev–Trinajstić information content (AvgIpc) is 3.06. The van der Waals surface area contributed by atoms with Crippen LogP contribution in [0.3, 0.4) is 0 Å². The smallest absolute Gasteiger partial charge is 0.326 e. The summed E-state index contributed by atoms with van der Waals surface area (Å²) in [6, 6.07) is -1.19. The number of carboxylic acid groups (broad SMARTS) is 2. The highest BCUT2D eigenvalue weighted by molar-refractivity contribution is 5.96. The summed E-state index contributed by atoms with van der Waals surface area (Å²) >= 11 is 0. The summed E-state index contributed by atoms with van der Waals surface area (Å²) in [5.41, 5.74) is 4.39. The highest BCUT2D eigenvalue weighted by atomic mass is 16.4. The zero-order valence-electron chi connectivity index (χ0n) is 12.7. The van der Waals surface area contributed by atoms with Crippen molar-refractivity contribution in [3.63, 3.8) is 0 Å². The molecule has 128 valence electrons. The van der Waals surface area contributed by atoms with Gasteiger partial charge in [0.05, 0.1) is 6.54 Å². The summed E-state index contributed by atoms with van der Waals surface area (Å²) in [6.45, 7) is 0.433. The maximum absolute atomic E-state index is 12.8. The van der Waals surface area contributed by atoms with Gasteiger partial charge in [-0.05, 0) is 25.7 Å². The lowest BCUT2D eigenvalue weighted by molar-refractivity contribution is -0.153. The topological polar surface area (TPSA) is 141 Å². The van der Waals surface area contributed by atoms with Crippen LogP contribution in [0.5, 0.6) is 0 Å². The van der Waals surface area contributed by atoms with E-state index in [1.807, 2.05) is 0 Å². The molecule has 23 heavy (non-hydrogen) atoms. The molecule has 0 aromatic rings. The number of carboxylic acids is 2. The molecule has 2 rings (SSSR count). The minimum atomic E-state index is -1.23. The van der Waals surface area contributed by atoms with Crippen molar-refractivity contribution >= 4 is 23.8 Å². The predicted molar refractivity (Wildman–Crippen MR) is 77.4 cm³/mol. The molecule has 2 atom stereocenters. The second kappa shape index (κ2) is 6.53. The number of rotatable bonds is 6. The lowest BCUT2D eigenvalue weighted by Gasteiger charge is -2.34. The molecule has 0 unspecified atom stereocenters. The second-order valence-electron chi connectivity index (χ2n) is 5.92. The summed E-state index contributed by atoms with van der Waals surface area (Å²) in [5.74, 6) is -3.07. The van der Waals surface area contributed by atoms with Gasteiger partial charge in [0.1, 0.15) is 11.6 Å². The van der Waals surface area contributed by atoms with Crippen LogP contribution in [0.4, 0.5) is 0 Å². The number of hydrogen-bond donors (Lipinski definition) is 3. The molecule has 0 radical (unpaired) electrons. The Bertz CT molecular complexity index is 537. The predicted octanol–water partition coefficient (Wildman–Crippen LogP) is -1.14. The van der Waals surface area contributed by atoms with Gasteiger partial charge in [-0.1, -0.05) is 0 Å². The standard InChI is InChI=1S/C14H21N3O6/c15-8-10(18)17-6-1-4-14(17)5-7-16(13(14)23)9(12(21)22)2-3-11(19)20/h9H,1-8,15H2,(H,19,20)(H,21,22)/t9-,14+/m0/s1. The fourth-order valence-electron chi connectivity index (χ4n) is 3.59. The summed E-state index contributed by atoms with van der Waals surface area (Å²) in [4.78, 5) is 49.6. The Morgan fingerprint density at radius 2 is 1.91 bits per heavy atom. The normalized spacial score (nSPS) is 25.2. The first-order valence-electron chi connectivity index (χ1n) is 7.59. The van der Waals surface area contributed by atoms with E-state index in [9.17, 15) is 24.3 Å². The molecular weight excluding hydrogens is 306 g/mol. The number of hydrogen-bond acceptors (Lipinski definition) is 5. The molecule has 2 fully saturated rings. The fourth-order valence-corrected chi connectivity index (χ4v) is 3.59. The zero-order valence-corrected chi connectivity index (χ0v) is 12.7. The highest BCUT2D eigenvalue weighted by Crippen LogP contribution is 2.39. The molecular formula is C14H21N3O6. The maximum Gasteiger partial charge on any atom is 0.326 e. The van der Waals surface area contributed by atoms with E-state index in [0.717, 1.165) is 0 Å². The van der Waals surface area contributed by atoms with Crippen LogP contribution in [0.1, 0.15) is 32.1 Å². The molecule has 0 aliphatic carbocycles. The van der Waals surface area contributed by atoms with Gasteiger partial charge < -0.3 is 25.7 Å². The summed E-state index contributed by atoms with van der Waals surface area (Å²) in [6.07, 6.45) is 1.02. The van der Waals surface area contributed by atoms with Crippen LogP contribution in [0.25, 0.3) is 0 Å². The van der Waals surface area contributed by atoms with Gasteiger partial charge in [0.15, 0.2) is 0 Å². The van der Waals surface area contributed by atoms with Crippen molar-refractivity contribution in [2.45, 2.75) is 43.7 Å². The van der Waals surface area contributed by atoms with Crippen LogP contribution < -0.4 is 5.73 Å². The van der Waals surface area contributed by atoms with Gasteiger partial charge in [0.25, 0.3) is 0 Å². The molecule has 1 spiro atoms. The van der Waals surface area contributed by atoms with Crippen molar-refractivity contribution in [1.82, 2.24) is 9.80 Å². The van der Waals surface area contributed by atoms with Gasteiger partial charge >= 0.3 is 11.9 Å². The van der Waals surface area contributed by atoms with Crippen molar-refractivity contribution in [1.29, 1.82) is 0 Å². The highest BCUT2D eigenvalue weighted by Gasteiger charge is 2.56. The summed E-state index contributed by atoms with van der Waals surface area (Å²) < 4.78 is 0. The third-order valence-electron chi connectivity index (χ3n) is 4.68. The molecule has 2 saturated heterocycles. The van der Waals surface area contributed by atoms with Gasteiger partial charge in [-0.25, -0.2) is 4.79 Å². The molecule has 2 aliphatic rings. The molecule has 9 heteroatoms. The lowest BCUT2D eigenvalue weighted by atomic mass is 9.94. The Hall–Kier alpha value is -2.16. The van der Waals surface area contributed by atoms with E-state index in [2.05, 4.69) is 0 Å². The van der Waals surface area contributed by atoms with E-state index in [1.54, 1.807) is 0 Å². The van der Waals surface area contributed by atoms with E-state index in [4.69, 9.17) is 10.8 Å². The van der Waals surface area contributed by atoms with Crippen molar-refractivity contribution < 1.29 is 29.4 Å². The minimum Gasteiger partial charge on any atom is -0.481 e. The molecule has 0 aromatic heterocycles. The third kappa shape index (κ3) is 3.00. The van der Waals surface area contributed by atoms with Crippen molar-refractivity contribution in [2.75, 3.05) is 19.6 Å². The number of nitrogens with zero attached hydrogens (tertiary/aromatic N) is 2. The van der Waals surface area contributed by atoms with Crippen LogP contribution in [-0.2, 0) is 19.2 Å². The zero-order chi connectivity index (χ0) is 17.2. The Morgan fingerprint density at radius 3 is 2.48 bits per heavy atom. The van der Waals surface area contributed by atoms with E-state index < -0.39 is 29.4 Å². The molecule has 2 amide bonds. The summed E-state index contributed by atoms with van der Waals surface area (Å²) in [7, 11) is 0. The maximum atomic E-state index is 12.8. The molecule has 4 N–H and O–H groups in total. The minimum absolute atomic E-state index is 0.155. The number of amides is 2. The van der Waals surface area contributed by atoms with Crippen LogP contribution in [0, 0.1) is 0 Å². The van der Waals surface area contributed by atoms with Gasteiger partial charge in [-0.3, -0.25) is 14.4 Å². The van der Waals surface area contributed by atoms with Gasteiger partial charge in [-0.15, -0.1) is 0 Å². The second-order valence-corrected chi connectivity index (χ2v) is 5.92. The van der Waals surface area contributed by atoms with Crippen LogP contribution in [0.15, 0.2) is 0 Å². The number of carbonyl (C=O) groups excluding carboxylic acids is 2. The SMILES string of the molecule is NCC(=O)N1CCC[C@]12CCN([C@@H](CCC(=O)O)C(=O)O)C2=O. The monoisotopic (exact) mass is 327 g/mol. The molecule has 0 bridgehead atoms. The average molecular weight is 327 g/mol. The van der Waals surface area contributed by atoms with Crippen LogP contribution in [-0.4, -0.2) is 75.0 Å². The van der Waals surface area contributed by atoms with E-state index in [1.165, 1.54) is 9.80 Å². The molecule has 9 nitrogen and oxygen atoms in total. The van der Waals surface area contributed by atoms with Gasteiger partial charge in [-0.2, -0.15) is 0 Å². The molecule has 2 heterocycles. The van der Waals surface area contributed by atoms with E-state index in [0.29, 0.717) is 25.8 Å². The number of nitrogens with two attached hydrogens (primary N) is 1. The Kier molecular flexibility index (Phi) is 4.88. The number of likely N-dealkylation sites (tertiary alicyclic amines) is 2. The van der Waals surface area contributed by atoms with Crippen molar-refractivity contribution in [3.8, 4) is 0 Å². The van der Waals surface area contributed by atoms with Crippen molar-refractivity contribution in [2.24, 2.45) is 5.73 Å². The molecule has 0 saturated carbocycles. The number of carbonyl (C=O) groups is 4. The van der Waals surface area contributed by atoms with Crippen LogP contribution in [0.2, 0.25) is 0 Å². The first-order valence-corrected chi connectivity index (χ1v) is 7.59. The fraction of sp³-hybridized carbons (Fsp3) is 0.714.